The van der Waals surface area contributed by atoms with Gasteiger partial charge in [-0.25, -0.2) is 0 Å². The first kappa shape index (κ1) is 24.7. The molecule has 0 aromatic heterocycles. The van der Waals surface area contributed by atoms with Crippen molar-refractivity contribution in [1.29, 1.82) is 0 Å². The lowest BCUT2D eigenvalue weighted by Gasteiger charge is -2.25. The second kappa shape index (κ2) is 11.4. The highest BCUT2D eigenvalue weighted by Gasteiger charge is 2.21. The molecule has 0 aliphatic heterocycles. The largest absolute Gasteiger partial charge is 0.399 e. The average Bonchev–Trinajstić information content (AvgIpc) is 2.95. The smallest absolute Gasteiger partial charge is 0.0606 e. The summed E-state index contributed by atoms with van der Waals surface area (Å²) in [6.45, 7) is 3.74. The molecule has 1 aliphatic rings. The second-order valence-electron chi connectivity index (χ2n) is 9.54. The predicted octanol–water partition coefficient (Wildman–Crippen LogP) is 6.72. The number of hydrogen-bond donors (Lipinski definition) is 3. The summed E-state index contributed by atoms with van der Waals surface area (Å²) < 4.78 is 0. The monoisotopic (exact) mass is 489 g/mol. The van der Waals surface area contributed by atoms with Gasteiger partial charge in [0, 0.05) is 47.5 Å². The fourth-order valence-corrected chi connectivity index (χ4v) is 5.30. The van der Waals surface area contributed by atoms with Gasteiger partial charge in [0.1, 0.15) is 0 Å². The minimum absolute atomic E-state index is 0.0547. The van der Waals surface area contributed by atoms with Crippen molar-refractivity contribution in [1.82, 2.24) is 0 Å². The first-order valence-corrected chi connectivity index (χ1v) is 13.1. The quantitative estimate of drug-likeness (QED) is 0.180. The van der Waals surface area contributed by atoms with Gasteiger partial charge < -0.3 is 21.1 Å². The number of allylic oxidation sites excluding steroid dienone is 2. The molecule has 2 atom stereocenters. The number of likely N-dealkylation sites (N-methyl/N-ethyl adjacent to an activating group) is 1. The average molecular weight is 490 g/mol. The summed E-state index contributed by atoms with van der Waals surface area (Å²) in [7, 11) is 0. The highest BCUT2D eigenvalue weighted by atomic mass is 16.3. The third-order valence-corrected chi connectivity index (χ3v) is 7.20. The standard InChI is InChI=1S/C33H35N3O/c1-2-36(22-23-37)28-18-14-25(15-19-28)33(24-12-16-26(34)17-13-24)31-20-21-32(30-11-7-6-10-29(30)31)35-27-8-4-3-5-9-27/h3-8,10-21,27,33,35,37H,2,9,22-23,34H2,1H3. The molecule has 4 aromatic rings. The van der Waals surface area contributed by atoms with E-state index in [0.717, 1.165) is 30.0 Å². The number of anilines is 3. The van der Waals surface area contributed by atoms with E-state index in [2.05, 4.69) is 114 Å². The third kappa shape index (κ3) is 5.40. The molecule has 4 nitrogen and oxygen atoms in total. The zero-order valence-corrected chi connectivity index (χ0v) is 21.3. The van der Waals surface area contributed by atoms with Crippen LogP contribution in [0.1, 0.15) is 36.0 Å². The molecule has 1 aliphatic carbocycles. The van der Waals surface area contributed by atoms with E-state index < -0.39 is 0 Å². The van der Waals surface area contributed by atoms with E-state index in [9.17, 15) is 5.11 Å². The molecule has 0 heterocycles. The number of fused-ring (bicyclic) bond motifs is 1. The van der Waals surface area contributed by atoms with Crippen molar-refractivity contribution in [2.24, 2.45) is 0 Å². The molecule has 4 N–H and O–H groups in total. The molecule has 4 heteroatoms. The van der Waals surface area contributed by atoms with Crippen LogP contribution in [0.2, 0.25) is 0 Å². The van der Waals surface area contributed by atoms with Crippen molar-refractivity contribution in [2.45, 2.75) is 25.3 Å². The molecule has 37 heavy (non-hydrogen) atoms. The maximum Gasteiger partial charge on any atom is 0.0606 e. The molecule has 5 rings (SSSR count). The lowest BCUT2D eigenvalue weighted by atomic mass is 9.82. The molecule has 188 valence electrons. The Balaban J connectivity index is 1.59. The number of nitrogens with two attached hydrogens (primary N) is 1. The van der Waals surface area contributed by atoms with Crippen LogP contribution in [0.4, 0.5) is 17.1 Å². The summed E-state index contributed by atoms with van der Waals surface area (Å²) in [4.78, 5) is 2.19. The zero-order chi connectivity index (χ0) is 25.6. The number of nitrogen functional groups attached to an aromatic ring is 1. The summed E-state index contributed by atoms with van der Waals surface area (Å²) in [5.41, 5.74) is 12.8. The Bertz CT molecular complexity index is 1390. The van der Waals surface area contributed by atoms with Gasteiger partial charge in [-0.2, -0.15) is 0 Å². The van der Waals surface area contributed by atoms with Gasteiger partial charge in [-0.3, -0.25) is 0 Å². The molecule has 0 bridgehead atoms. The summed E-state index contributed by atoms with van der Waals surface area (Å²) in [5.74, 6) is 0.0547. The lowest BCUT2D eigenvalue weighted by molar-refractivity contribution is 0.302. The van der Waals surface area contributed by atoms with Gasteiger partial charge in [0.2, 0.25) is 0 Å². The SMILES string of the molecule is CCN(CCO)c1ccc(C(c2ccc(N)cc2)c2ccc(NC3C=CC=CC3)c3ccccc23)cc1. The van der Waals surface area contributed by atoms with Gasteiger partial charge in [-0.1, -0.05) is 78.9 Å². The molecule has 4 aromatic carbocycles. The third-order valence-electron chi connectivity index (χ3n) is 7.20. The van der Waals surface area contributed by atoms with E-state index in [-0.39, 0.29) is 12.5 Å². The Labute approximate surface area is 219 Å². The molecule has 2 unspecified atom stereocenters. The van der Waals surface area contributed by atoms with Crippen LogP contribution in [0, 0.1) is 0 Å². The minimum atomic E-state index is 0.0547. The Kier molecular flexibility index (Phi) is 7.57. The Morgan fingerprint density at radius 3 is 2.24 bits per heavy atom. The fraction of sp³-hybridized carbons (Fsp3) is 0.212. The van der Waals surface area contributed by atoms with Crippen molar-refractivity contribution < 1.29 is 5.11 Å². The van der Waals surface area contributed by atoms with Gasteiger partial charge in [0.25, 0.3) is 0 Å². The van der Waals surface area contributed by atoms with Crippen LogP contribution in [0.5, 0.6) is 0 Å². The summed E-state index contributed by atoms with van der Waals surface area (Å²) in [5, 5.41) is 15.7. The number of benzene rings is 4. The Morgan fingerprint density at radius 2 is 1.59 bits per heavy atom. The first-order chi connectivity index (χ1) is 18.2. The van der Waals surface area contributed by atoms with E-state index >= 15 is 0 Å². The normalized spacial score (nSPS) is 15.6. The van der Waals surface area contributed by atoms with Crippen molar-refractivity contribution in [2.75, 3.05) is 35.6 Å². The van der Waals surface area contributed by atoms with E-state index in [1.54, 1.807) is 0 Å². The van der Waals surface area contributed by atoms with Gasteiger partial charge in [-0.15, -0.1) is 0 Å². The summed E-state index contributed by atoms with van der Waals surface area (Å²) in [6, 6.07) is 30.5. The van der Waals surface area contributed by atoms with Crippen LogP contribution in [-0.2, 0) is 0 Å². The molecular weight excluding hydrogens is 454 g/mol. The number of aliphatic hydroxyl groups is 1. The molecule has 0 radical (unpaired) electrons. The molecule has 0 saturated carbocycles. The Morgan fingerprint density at radius 1 is 0.892 bits per heavy atom. The highest BCUT2D eigenvalue weighted by molar-refractivity contribution is 5.97. The maximum absolute atomic E-state index is 9.45. The van der Waals surface area contributed by atoms with Crippen LogP contribution in [-0.4, -0.2) is 30.8 Å². The van der Waals surface area contributed by atoms with Crippen LogP contribution in [0.25, 0.3) is 10.8 Å². The molecule has 0 saturated heterocycles. The number of rotatable bonds is 9. The number of nitrogens with zero attached hydrogens (tertiary/aromatic N) is 1. The maximum atomic E-state index is 9.45. The summed E-state index contributed by atoms with van der Waals surface area (Å²) in [6.07, 6.45) is 9.62. The van der Waals surface area contributed by atoms with Gasteiger partial charge >= 0.3 is 0 Å². The van der Waals surface area contributed by atoms with E-state index in [1.807, 2.05) is 12.1 Å². The minimum Gasteiger partial charge on any atom is -0.399 e. The second-order valence-corrected chi connectivity index (χ2v) is 9.54. The predicted molar refractivity (Wildman–Crippen MR) is 157 cm³/mol. The number of nitrogens with one attached hydrogen (secondary N) is 1. The molecule has 0 spiro atoms. The molecule has 0 fully saturated rings. The number of aliphatic hydroxyl groups excluding tert-OH is 1. The van der Waals surface area contributed by atoms with Crippen LogP contribution in [0.15, 0.2) is 109 Å². The van der Waals surface area contributed by atoms with Crippen LogP contribution >= 0.6 is 0 Å². The van der Waals surface area contributed by atoms with E-state index in [1.165, 1.54) is 27.5 Å². The van der Waals surface area contributed by atoms with Gasteiger partial charge in [0.05, 0.1) is 6.61 Å². The van der Waals surface area contributed by atoms with Crippen LogP contribution < -0.4 is 16.0 Å². The summed E-state index contributed by atoms with van der Waals surface area (Å²) >= 11 is 0. The Hall–Kier alpha value is -4.02. The van der Waals surface area contributed by atoms with Crippen LogP contribution in [0.3, 0.4) is 0 Å². The number of hydrogen-bond acceptors (Lipinski definition) is 4. The van der Waals surface area contributed by atoms with E-state index in [4.69, 9.17) is 5.73 Å². The van der Waals surface area contributed by atoms with Crippen molar-refractivity contribution in [3.05, 3.63) is 126 Å². The zero-order valence-electron chi connectivity index (χ0n) is 21.3. The van der Waals surface area contributed by atoms with Gasteiger partial charge in [-0.05, 0) is 65.8 Å². The van der Waals surface area contributed by atoms with Crippen molar-refractivity contribution >= 4 is 27.8 Å². The topological polar surface area (TPSA) is 61.5 Å². The fourth-order valence-electron chi connectivity index (χ4n) is 5.30. The van der Waals surface area contributed by atoms with Crippen molar-refractivity contribution in [3.8, 4) is 0 Å². The first-order valence-electron chi connectivity index (χ1n) is 13.1. The van der Waals surface area contributed by atoms with Gasteiger partial charge in [0.15, 0.2) is 0 Å². The lowest BCUT2D eigenvalue weighted by Crippen LogP contribution is -2.26. The molecule has 0 amide bonds. The van der Waals surface area contributed by atoms with Crippen molar-refractivity contribution in [3.63, 3.8) is 0 Å². The molecular formula is C33H35N3O. The van der Waals surface area contributed by atoms with E-state index in [0.29, 0.717) is 12.6 Å². The highest BCUT2D eigenvalue weighted by Crippen LogP contribution is 2.39.